The number of carbonyl (C=O) groups is 1. The molecule has 0 aliphatic carbocycles. The Hall–Kier alpha value is -4.26. The zero-order valence-electron chi connectivity index (χ0n) is 19.4. The van der Waals surface area contributed by atoms with Crippen LogP contribution in [-0.4, -0.2) is 25.1 Å². The van der Waals surface area contributed by atoms with E-state index >= 15 is 0 Å². The van der Waals surface area contributed by atoms with E-state index in [0.29, 0.717) is 13.1 Å². The molecule has 0 unspecified atom stereocenters. The zero-order valence-corrected chi connectivity index (χ0v) is 19.4. The Morgan fingerprint density at radius 2 is 1.59 bits per heavy atom. The topological polar surface area (TPSA) is 81.3 Å². The van der Waals surface area contributed by atoms with Crippen molar-refractivity contribution >= 4 is 22.6 Å². The molecule has 0 aliphatic rings. The molecule has 0 bridgehead atoms. The highest BCUT2D eigenvalue weighted by atomic mass is 16.2. The van der Waals surface area contributed by atoms with E-state index in [0.717, 1.165) is 38.9 Å². The van der Waals surface area contributed by atoms with E-state index in [-0.39, 0.29) is 17.0 Å². The molecule has 5 aromatic rings. The van der Waals surface area contributed by atoms with Crippen LogP contribution in [0.25, 0.3) is 16.7 Å². The van der Waals surface area contributed by atoms with E-state index in [1.165, 1.54) is 4.52 Å². The van der Waals surface area contributed by atoms with Crippen molar-refractivity contribution in [1.29, 1.82) is 0 Å². The number of carbonyl (C=O) groups excluding carboxylic acids is 1. The molecular weight excluding hydrogens is 426 g/mol. The molecule has 34 heavy (non-hydrogen) atoms. The van der Waals surface area contributed by atoms with Crippen LogP contribution >= 0.6 is 0 Å². The number of amides is 1. The van der Waals surface area contributed by atoms with Crippen LogP contribution in [0.15, 0.2) is 71.5 Å². The van der Waals surface area contributed by atoms with Gasteiger partial charge in [-0.05, 0) is 49.6 Å². The first-order valence-corrected chi connectivity index (χ1v) is 11.2. The predicted octanol–water partition coefficient (Wildman–Crippen LogP) is 3.95. The Morgan fingerprint density at radius 3 is 2.35 bits per heavy atom. The zero-order chi connectivity index (χ0) is 23.8. The third-order valence-corrected chi connectivity index (χ3v) is 5.89. The molecule has 0 spiro atoms. The van der Waals surface area contributed by atoms with Gasteiger partial charge in [-0.1, -0.05) is 65.7 Å². The van der Waals surface area contributed by atoms with Gasteiger partial charge in [-0.25, -0.2) is 4.52 Å². The second kappa shape index (κ2) is 8.59. The van der Waals surface area contributed by atoms with Gasteiger partial charge in [-0.2, -0.15) is 4.98 Å². The number of benzene rings is 3. The standard InChI is InChI=1S/C27H25N5O2/c1-17-7-10-20(11-8-17)16-31-23-14-19(3)9-12-22(23)32-25(27(31)34)29-24(30-32)26(33)28-15-21-6-4-5-18(2)13-21/h4-14H,15-16H2,1-3H3,(H,28,33). The van der Waals surface area contributed by atoms with E-state index in [2.05, 4.69) is 15.4 Å². The van der Waals surface area contributed by atoms with Gasteiger partial charge in [0.2, 0.25) is 11.5 Å². The lowest BCUT2D eigenvalue weighted by molar-refractivity contribution is 0.0941. The van der Waals surface area contributed by atoms with Gasteiger partial charge in [-0.3, -0.25) is 14.2 Å². The summed E-state index contributed by atoms with van der Waals surface area (Å²) < 4.78 is 3.18. The fourth-order valence-corrected chi connectivity index (χ4v) is 4.09. The molecule has 1 N–H and O–H groups in total. The maximum Gasteiger partial charge on any atom is 0.296 e. The van der Waals surface area contributed by atoms with Crippen molar-refractivity contribution in [2.24, 2.45) is 0 Å². The van der Waals surface area contributed by atoms with Crippen molar-refractivity contribution in [3.05, 3.63) is 111 Å². The summed E-state index contributed by atoms with van der Waals surface area (Å²) in [5, 5.41) is 7.25. The summed E-state index contributed by atoms with van der Waals surface area (Å²) in [7, 11) is 0. The third-order valence-electron chi connectivity index (χ3n) is 5.89. The molecule has 0 saturated carbocycles. The Bertz CT molecular complexity index is 1600. The van der Waals surface area contributed by atoms with Crippen molar-refractivity contribution in [2.75, 3.05) is 0 Å². The maximum absolute atomic E-state index is 13.5. The summed E-state index contributed by atoms with van der Waals surface area (Å²) in [6, 6.07) is 21.8. The van der Waals surface area contributed by atoms with Crippen molar-refractivity contribution in [2.45, 2.75) is 33.9 Å². The van der Waals surface area contributed by atoms with Gasteiger partial charge in [0.15, 0.2) is 0 Å². The lowest BCUT2D eigenvalue weighted by Crippen LogP contribution is -2.24. The average Bonchev–Trinajstić information content (AvgIpc) is 3.27. The predicted molar refractivity (Wildman–Crippen MR) is 132 cm³/mol. The second-order valence-electron chi connectivity index (χ2n) is 8.71. The summed E-state index contributed by atoms with van der Waals surface area (Å²) in [6.07, 6.45) is 0. The molecule has 0 aliphatic heterocycles. The van der Waals surface area contributed by atoms with Gasteiger partial charge in [0.25, 0.3) is 11.5 Å². The van der Waals surface area contributed by atoms with Crippen molar-refractivity contribution in [1.82, 2.24) is 24.5 Å². The van der Waals surface area contributed by atoms with Gasteiger partial charge >= 0.3 is 0 Å². The summed E-state index contributed by atoms with van der Waals surface area (Å²) >= 11 is 0. The van der Waals surface area contributed by atoms with Gasteiger partial charge in [0, 0.05) is 6.54 Å². The lowest BCUT2D eigenvalue weighted by atomic mass is 10.1. The van der Waals surface area contributed by atoms with E-state index in [1.54, 1.807) is 4.57 Å². The number of fused-ring (bicyclic) bond motifs is 3. The van der Waals surface area contributed by atoms with E-state index < -0.39 is 5.91 Å². The molecule has 2 aromatic heterocycles. The normalized spacial score (nSPS) is 11.3. The molecule has 1 amide bonds. The largest absolute Gasteiger partial charge is 0.345 e. The smallest absolute Gasteiger partial charge is 0.296 e. The minimum Gasteiger partial charge on any atom is -0.345 e. The Balaban J connectivity index is 1.56. The molecule has 0 radical (unpaired) electrons. The summed E-state index contributed by atoms with van der Waals surface area (Å²) in [5.41, 5.74) is 6.61. The number of hydrogen-bond acceptors (Lipinski definition) is 4. The van der Waals surface area contributed by atoms with Gasteiger partial charge in [-0.15, -0.1) is 5.10 Å². The van der Waals surface area contributed by atoms with E-state index in [9.17, 15) is 9.59 Å². The third kappa shape index (κ3) is 4.08. The average molecular weight is 452 g/mol. The van der Waals surface area contributed by atoms with Crippen molar-refractivity contribution in [3.63, 3.8) is 0 Å². The second-order valence-corrected chi connectivity index (χ2v) is 8.71. The summed E-state index contributed by atoms with van der Waals surface area (Å²) in [4.78, 5) is 30.6. The fraction of sp³-hybridized carbons (Fsp3) is 0.185. The quantitative estimate of drug-likeness (QED) is 0.439. The van der Waals surface area contributed by atoms with Crippen LogP contribution in [0, 0.1) is 20.8 Å². The van der Waals surface area contributed by atoms with Crippen LogP contribution in [0.3, 0.4) is 0 Å². The Labute approximate surface area is 196 Å². The van der Waals surface area contributed by atoms with Crippen LogP contribution in [-0.2, 0) is 13.1 Å². The number of aryl methyl sites for hydroxylation is 3. The molecule has 3 aromatic carbocycles. The molecule has 2 heterocycles. The molecule has 7 heteroatoms. The molecule has 0 fully saturated rings. The highest BCUT2D eigenvalue weighted by molar-refractivity contribution is 5.91. The first-order valence-electron chi connectivity index (χ1n) is 11.2. The van der Waals surface area contributed by atoms with Crippen LogP contribution < -0.4 is 10.9 Å². The van der Waals surface area contributed by atoms with Gasteiger partial charge in [0.1, 0.15) is 0 Å². The van der Waals surface area contributed by atoms with E-state index in [4.69, 9.17) is 0 Å². The molecule has 0 saturated heterocycles. The Kier molecular flexibility index (Phi) is 5.45. The van der Waals surface area contributed by atoms with Gasteiger partial charge < -0.3 is 5.32 Å². The van der Waals surface area contributed by atoms with Crippen LogP contribution in [0.4, 0.5) is 0 Å². The molecule has 170 valence electrons. The number of aromatic nitrogens is 4. The number of hydrogen-bond donors (Lipinski definition) is 1. The van der Waals surface area contributed by atoms with Crippen LogP contribution in [0.5, 0.6) is 0 Å². The number of rotatable bonds is 5. The number of nitrogens with one attached hydrogen (secondary N) is 1. The van der Waals surface area contributed by atoms with E-state index in [1.807, 2.05) is 87.5 Å². The first kappa shape index (κ1) is 21.6. The van der Waals surface area contributed by atoms with Crippen molar-refractivity contribution in [3.8, 4) is 0 Å². The summed E-state index contributed by atoms with van der Waals surface area (Å²) in [5.74, 6) is -0.449. The monoisotopic (exact) mass is 451 g/mol. The minimum atomic E-state index is -0.421. The van der Waals surface area contributed by atoms with Crippen LogP contribution in [0.1, 0.15) is 38.4 Å². The molecular formula is C27H25N5O2. The molecule has 5 rings (SSSR count). The highest BCUT2D eigenvalue weighted by Crippen LogP contribution is 2.17. The maximum atomic E-state index is 13.5. The van der Waals surface area contributed by atoms with Gasteiger partial charge in [0.05, 0.1) is 17.6 Å². The molecule has 0 atom stereocenters. The first-order chi connectivity index (χ1) is 16.4. The minimum absolute atomic E-state index is 0.0280. The summed E-state index contributed by atoms with van der Waals surface area (Å²) in [6.45, 7) is 6.77. The van der Waals surface area contributed by atoms with Crippen molar-refractivity contribution < 1.29 is 4.79 Å². The fourth-order valence-electron chi connectivity index (χ4n) is 4.09. The van der Waals surface area contributed by atoms with Crippen LogP contribution in [0.2, 0.25) is 0 Å². The lowest BCUT2D eigenvalue weighted by Gasteiger charge is -2.12. The Morgan fingerprint density at radius 1 is 0.853 bits per heavy atom. The number of nitrogens with zero attached hydrogens (tertiary/aromatic N) is 4. The molecule has 7 nitrogen and oxygen atoms in total. The highest BCUT2D eigenvalue weighted by Gasteiger charge is 2.19. The SMILES string of the molecule is Cc1ccc(Cn2c(=O)c3nc(C(=O)NCc4cccc(C)c4)nn3c3ccc(C)cc32)cc1.